The van der Waals surface area contributed by atoms with Crippen LogP contribution >= 0.6 is 0 Å². The molecule has 0 bridgehead atoms. The van der Waals surface area contributed by atoms with Gasteiger partial charge in [0.25, 0.3) is 0 Å². The number of rotatable bonds is 10. The maximum absolute atomic E-state index is 6.21. The fraction of sp³-hybridized carbons (Fsp3) is 1.00. The third-order valence-corrected chi connectivity index (χ3v) is 5.28. The Labute approximate surface area is 112 Å². The normalized spacial score (nSPS) is 18.7. The second kappa shape index (κ2) is 8.27. The van der Waals surface area contributed by atoms with E-state index in [1.54, 1.807) is 0 Å². The molecule has 5 heteroatoms. The summed E-state index contributed by atoms with van der Waals surface area (Å²) in [4.78, 5) is 0. The van der Waals surface area contributed by atoms with Gasteiger partial charge in [-0.05, 0) is 19.3 Å². The first-order valence-electron chi connectivity index (χ1n) is 7.18. The van der Waals surface area contributed by atoms with Gasteiger partial charge in [0, 0.05) is 25.7 Å². The second-order valence-corrected chi connectivity index (χ2v) is 7.46. The Morgan fingerprint density at radius 1 is 1.11 bits per heavy atom. The fourth-order valence-corrected chi connectivity index (χ4v) is 4.22. The number of hydrogen-bond acceptors (Lipinski definition) is 4. The third kappa shape index (κ3) is 4.97. The number of ether oxygens (including phenoxy) is 1. The largest absolute Gasteiger partial charge is 0.497 e. The van der Waals surface area contributed by atoms with Gasteiger partial charge in [-0.1, -0.05) is 20.8 Å². The summed E-state index contributed by atoms with van der Waals surface area (Å²) in [5, 5.41) is 0. The van der Waals surface area contributed by atoms with Crippen LogP contribution in [-0.4, -0.2) is 41.3 Å². The van der Waals surface area contributed by atoms with Crippen LogP contribution in [0.4, 0.5) is 0 Å². The van der Waals surface area contributed by atoms with Gasteiger partial charge in [0.05, 0.1) is 19.3 Å². The average Bonchev–Trinajstić information content (AvgIpc) is 2.31. The minimum absolute atomic E-state index is 0.212. The molecule has 1 heterocycles. The van der Waals surface area contributed by atoms with Crippen molar-refractivity contribution in [2.45, 2.75) is 52.7 Å². The quantitative estimate of drug-likeness (QED) is 0.575. The second-order valence-electron chi connectivity index (χ2n) is 4.92. The molecule has 1 rings (SSSR count). The van der Waals surface area contributed by atoms with Gasteiger partial charge in [0.15, 0.2) is 0 Å². The fourth-order valence-electron chi connectivity index (χ4n) is 1.94. The van der Waals surface area contributed by atoms with E-state index in [2.05, 4.69) is 20.8 Å². The van der Waals surface area contributed by atoms with E-state index in [9.17, 15) is 0 Å². The van der Waals surface area contributed by atoms with E-state index in [-0.39, 0.29) is 6.10 Å². The van der Waals surface area contributed by atoms with Gasteiger partial charge in [-0.25, -0.2) is 0 Å². The average molecular weight is 276 g/mol. The molecule has 0 radical (unpaired) electrons. The molecule has 1 saturated heterocycles. The van der Waals surface area contributed by atoms with Gasteiger partial charge in [0.1, 0.15) is 0 Å². The van der Waals surface area contributed by atoms with E-state index in [1.165, 1.54) is 0 Å². The molecule has 0 aromatic rings. The molecule has 0 aromatic carbocycles. The molecule has 0 aromatic heterocycles. The molecule has 1 fully saturated rings. The zero-order valence-electron chi connectivity index (χ0n) is 12.2. The predicted molar refractivity (Wildman–Crippen MR) is 73.6 cm³/mol. The predicted octanol–water partition coefficient (Wildman–Crippen LogP) is 2.85. The van der Waals surface area contributed by atoms with Crippen LogP contribution in [0.1, 0.15) is 40.0 Å². The molecule has 0 spiro atoms. The summed E-state index contributed by atoms with van der Waals surface area (Å²) in [5.74, 6) is 0.511. The highest BCUT2D eigenvalue weighted by Crippen LogP contribution is 2.24. The summed E-state index contributed by atoms with van der Waals surface area (Å²) in [6, 6.07) is 0. The minimum atomic E-state index is -2.48. The van der Waals surface area contributed by atoms with Gasteiger partial charge in [-0.15, -0.1) is 0 Å². The van der Waals surface area contributed by atoms with E-state index in [1.807, 2.05) is 6.55 Å². The Bertz CT molecular complexity index is 213. The van der Waals surface area contributed by atoms with Crippen LogP contribution in [0.3, 0.4) is 0 Å². The van der Waals surface area contributed by atoms with Crippen LogP contribution in [0, 0.1) is 5.92 Å². The molecular formula is C13H28O4Si. The van der Waals surface area contributed by atoms with Crippen LogP contribution in [-0.2, 0) is 18.0 Å². The molecule has 1 atom stereocenters. The molecular weight excluding hydrogens is 248 g/mol. The SMILES string of the molecule is CCCO[Si](C)(OCCC)OC(CC)C1COC1. The van der Waals surface area contributed by atoms with Crippen molar-refractivity contribution in [1.82, 2.24) is 0 Å². The first-order chi connectivity index (χ1) is 8.65. The van der Waals surface area contributed by atoms with Gasteiger partial charge in [0.2, 0.25) is 0 Å². The van der Waals surface area contributed by atoms with Gasteiger partial charge in [-0.2, -0.15) is 0 Å². The Hall–Kier alpha value is 0.0569. The van der Waals surface area contributed by atoms with Crippen LogP contribution in [0.25, 0.3) is 0 Å². The molecule has 4 nitrogen and oxygen atoms in total. The Morgan fingerprint density at radius 3 is 2.00 bits per heavy atom. The lowest BCUT2D eigenvalue weighted by Gasteiger charge is -2.37. The summed E-state index contributed by atoms with van der Waals surface area (Å²) in [5.41, 5.74) is 0. The van der Waals surface area contributed by atoms with E-state index in [0.29, 0.717) is 19.1 Å². The Balaban J connectivity index is 2.50. The van der Waals surface area contributed by atoms with Crippen molar-refractivity contribution in [3.63, 3.8) is 0 Å². The molecule has 1 aliphatic rings. The van der Waals surface area contributed by atoms with E-state index in [0.717, 1.165) is 32.5 Å². The summed E-state index contributed by atoms with van der Waals surface area (Å²) >= 11 is 0. The van der Waals surface area contributed by atoms with Crippen molar-refractivity contribution in [1.29, 1.82) is 0 Å². The number of hydrogen-bond donors (Lipinski definition) is 0. The summed E-state index contributed by atoms with van der Waals surface area (Å²) in [7, 11) is -2.48. The zero-order chi connectivity index (χ0) is 13.4. The summed E-state index contributed by atoms with van der Waals surface area (Å²) in [6.45, 7) is 11.4. The monoisotopic (exact) mass is 276 g/mol. The highest BCUT2D eigenvalue weighted by molar-refractivity contribution is 6.59. The van der Waals surface area contributed by atoms with Crippen molar-refractivity contribution in [2.75, 3.05) is 26.4 Å². The molecule has 18 heavy (non-hydrogen) atoms. The molecule has 1 unspecified atom stereocenters. The lowest BCUT2D eigenvalue weighted by Crippen LogP contribution is -2.50. The first kappa shape index (κ1) is 16.1. The van der Waals surface area contributed by atoms with Gasteiger partial charge >= 0.3 is 8.80 Å². The topological polar surface area (TPSA) is 36.9 Å². The van der Waals surface area contributed by atoms with Crippen LogP contribution < -0.4 is 0 Å². The maximum atomic E-state index is 6.21. The molecule has 0 saturated carbocycles. The van der Waals surface area contributed by atoms with Crippen molar-refractivity contribution in [3.05, 3.63) is 0 Å². The lowest BCUT2D eigenvalue weighted by molar-refractivity contribution is -0.102. The zero-order valence-corrected chi connectivity index (χ0v) is 13.2. The summed E-state index contributed by atoms with van der Waals surface area (Å²) < 4.78 is 23.2. The van der Waals surface area contributed by atoms with E-state index in [4.69, 9.17) is 18.0 Å². The molecule has 108 valence electrons. The molecule has 0 amide bonds. The van der Waals surface area contributed by atoms with Crippen molar-refractivity contribution >= 4 is 8.80 Å². The minimum Gasteiger partial charge on any atom is -0.380 e. The first-order valence-corrected chi connectivity index (χ1v) is 9.41. The third-order valence-electron chi connectivity index (χ3n) is 3.09. The molecule has 0 aliphatic carbocycles. The Kier molecular flexibility index (Phi) is 7.40. The standard InChI is InChI=1S/C13H28O4Si/c1-5-8-15-18(4,16-9-6-2)17-13(7-3)12-10-14-11-12/h12-13H,5-11H2,1-4H3. The van der Waals surface area contributed by atoms with Crippen LogP contribution in [0.5, 0.6) is 0 Å². The molecule has 0 N–H and O–H groups in total. The van der Waals surface area contributed by atoms with E-state index < -0.39 is 8.80 Å². The van der Waals surface area contributed by atoms with Crippen molar-refractivity contribution < 1.29 is 18.0 Å². The van der Waals surface area contributed by atoms with Gasteiger partial charge in [-0.3, -0.25) is 0 Å². The highest BCUT2D eigenvalue weighted by Gasteiger charge is 2.40. The maximum Gasteiger partial charge on any atom is 0.497 e. The molecule has 1 aliphatic heterocycles. The lowest BCUT2D eigenvalue weighted by atomic mass is 9.99. The smallest absolute Gasteiger partial charge is 0.380 e. The summed E-state index contributed by atoms with van der Waals surface area (Å²) in [6.07, 6.45) is 3.18. The highest BCUT2D eigenvalue weighted by atomic mass is 28.4. The van der Waals surface area contributed by atoms with Crippen LogP contribution in [0.15, 0.2) is 0 Å². The Morgan fingerprint density at radius 2 is 1.67 bits per heavy atom. The van der Waals surface area contributed by atoms with Crippen LogP contribution in [0.2, 0.25) is 6.55 Å². The van der Waals surface area contributed by atoms with Crippen molar-refractivity contribution in [3.8, 4) is 0 Å². The van der Waals surface area contributed by atoms with Crippen molar-refractivity contribution in [2.24, 2.45) is 5.92 Å². The van der Waals surface area contributed by atoms with E-state index >= 15 is 0 Å². The van der Waals surface area contributed by atoms with Gasteiger partial charge < -0.3 is 18.0 Å².